The summed E-state index contributed by atoms with van der Waals surface area (Å²) >= 11 is 6.72. The van der Waals surface area contributed by atoms with E-state index in [0.717, 1.165) is 22.6 Å². The van der Waals surface area contributed by atoms with Crippen LogP contribution in [0.15, 0.2) is 71.2 Å². The second kappa shape index (κ2) is 7.68. The van der Waals surface area contributed by atoms with Crippen molar-refractivity contribution < 1.29 is 9.53 Å². The van der Waals surface area contributed by atoms with Gasteiger partial charge in [0.2, 0.25) is 0 Å². The van der Waals surface area contributed by atoms with E-state index in [4.69, 9.17) is 17.0 Å². The van der Waals surface area contributed by atoms with Gasteiger partial charge in [0.05, 0.1) is 17.7 Å². The summed E-state index contributed by atoms with van der Waals surface area (Å²) in [6, 6.07) is 17.3. The lowest BCUT2D eigenvalue weighted by Gasteiger charge is -2.14. The topological polar surface area (TPSA) is 29.5 Å². The molecular formula is C20H17NO2S2. The zero-order valence-corrected chi connectivity index (χ0v) is 15.6. The minimum Gasteiger partial charge on any atom is -0.497 e. The third-order valence-electron chi connectivity index (χ3n) is 3.68. The van der Waals surface area contributed by atoms with Crippen molar-refractivity contribution in [3.8, 4) is 5.75 Å². The van der Waals surface area contributed by atoms with E-state index in [1.54, 1.807) is 12.0 Å². The normalized spacial score (nSPS) is 16.6. The molecule has 1 heterocycles. The fraction of sp³-hybridized carbons (Fsp3) is 0.100. The van der Waals surface area contributed by atoms with Crippen LogP contribution in [0.25, 0.3) is 6.08 Å². The number of benzene rings is 2. The number of rotatable bonds is 4. The first-order chi connectivity index (χ1) is 12.1. The summed E-state index contributed by atoms with van der Waals surface area (Å²) in [7, 11) is 1.61. The second-order valence-corrected chi connectivity index (χ2v) is 7.19. The highest BCUT2D eigenvalue weighted by molar-refractivity contribution is 8.27. The zero-order chi connectivity index (χ0) is 17.8. The summed E-state index contributed by atoms with van der Waals surface area (Å²) in [5, 5.41) is 0. The second-order valence-electron chi connectivity index (χ2n) is 5.51. The number of methoxy groups -OCH3 is 1. The summed E-state index contributed by atoms with van der Waals surface area (Å²) in [5.74, 6) is 0.646. The SMILES string of the molecule is COc1ccc(N2C(=O)/C(=C/C(C)=C/c3ccccc3)SC2=S)cc1. The van der Waals surface area contributed by atoms with Gasteiger partial charge in [0.15, 0.2) is 4.32 Å². The van der Waals surface area contributed by atoms with Gasteiger partial charge in [0.1, 0.15) is 5.75 Å². The van der Waals surface area contributed by atoms with Gasteiger partial charge in [-0.3, -0.25) is 9.69 Å². The Balaban J connectivity index is 1.84. The number of carbonyl (C=O) groups is 1. The molecule has 0 N–H and O–H groups in total. The van der Waals surface area contributed by atoms with Gasteiger partial charge in [-0.25, -0.2) is 0 Å². The Kier molecular flexibility index (Phi) is 5.36. The predicted octanol–water partition coefficient (Wildman–Crippen LogP) is 5.05. The van der Waals surface area contributed by atoms with E-state index < -0.39 is 0 Å². The average molecular weight is 367 g/mol. The van der Waals surface area contributed by atoms with Crippen molar-refractivity contribution in [3.05, 3.63) is 76.7 Å². The minimum absolute atomic E-state index is 0.0963. The Morgan fingerprint density at radius 3 is 2.44 bits per heavy atom. The first-order valence-corrected chi connectivity index (χ1v) is 8.96. The molecular weight excluding hydrogens is 350 g/mol. The van der Waals surface area contributed by atoms with Gasteiger partial charge in [-0.15, -0.1) is 0 Å². The predicted molar refractivity (Wildman–Crippen MR) is 109 cm³/mol. The molecule has 1 amide bonds. The molecule has 0 aromatic heterocycles. The highest BCUT2D eigenvalue weighted by Gasteiger charge is 2.33. The molecule has 25 heavy (non-hydrogen) atoms. The van der Waals surface area contributed by atoms with Crippen molar-refractivity contribution in [1.29, 1.82) is 0 Å². The smallest absolute Gasteiger partial charge is 0.270 e. The number of carbonyl (C=O) groups excluding carboxylic acids is 1. The molecule has 2 aromatic rings. The van der Waals surface area contributed by atoms with Crippen LogP contribution in [0.2, 0.25) is 0 Å². The van der Waals surface area contributed by atoms with E-state index in [0.29, 0.717) is 9.23 Å². The number of hydrogen-bond donors (Lipinski definition) is 0. The van der Waals surface area contributed by atoms with Crippen LogP contribution in [0.5, 0.6) is 5.75 Å². The molecule has 0 aliphatic carbocycles. The molecule has 0 unspecified atom stereocenters. The van der Waals surface area contributed by atoms with Gasteiger partial charge in [-0.1, -0.05) is 60.4 Å². The number of thioether (sulfide) groups is 1. The molecule has 3 rings (SSSR count). The summed E-state index contributed by atoms with van der Waals surface area (Å²) in [6.07, 6.45) is 3.93. The maximum Gasteiger partial charge on any atom is 0.270 e. The van der Waals surface area contributed by atoms with Crippen molar-refractivity contribution in [2.75, 3.05) is 12.0 Å². The van der Waals surface area contributed by atoms with Gasteiger partial charge >= 0.3 is 0 Å². The first kappa shape index (κ1) is 17.5. The molecule has 5 heteroatoms. The molecule has 0 radical (unpaired) electrons. The lowest BCUT2D eigenvalue weighted by Crippen LogP contribution is -2.27. The van der Waals surface area contributed by atoms with E-state index in [2.05, 4.69) is 0 Å². The van der Waals surface area contributed by atoms with Crippen molar-refractivity contribution in [2.45, 2.75) is 6.92 Å². The molecule has 3 nitrogen and oxygen atoms in total. The molecule has 1 saturated heterocycles. The standard InChI is InChI=1S/C20H17NO2S2/c1-14(12-15-6-4-3-5-7-15)13-18-19(22)21(20(24)25-18)16-8-10-17(23-2)11-9-16/h3-13H,1-2H3/b14-12+,18-13-. The molecule has 1 aliphatic rings. The number of nitrogens with zero attached hydrogens (tertiary/aromatic N) is 1. The van der Waals surface area contributed by atoms with Crippen molar-refractivity contribution >= 4 is 46.0 Å². The molecule has 0 atom stereocenters. The Hall–Kier alpha value is -2.37. The average Bonchev–Trinajstić information content (AvgIpc) is 2.89. The summed E-state index contributed by atoms with van der Waals surface area (Å²) in [4.78, 5) is 14.9. The van der Waals surface area contributed by atoms with Crippen LogP contribution >= 0.6 is 24.0 Å². The summed E-state index contributed by atoms with van der Waals surface area (Å²) in [6.45, 7) is 1.98. The number of anilines is 1. The van der Waals surface area contributed by atoms with Gasteiger partial charge < -0.3 is 4.74 Å². The number of hydrogen-bond acceptors (Lipinski definition) is 4. The number of amides is 1. The van der Waals surface area contributed by atoms with E-state index in [-0.39, 0.29) is 5.91 Å². The van der Waals surface area contributed by atoms with Crippen LogP contribution in [0.3, 0.4) is 0 Å². The Bertz CT molecular complexity index is 855. The maximum atomic E-state index is 12.7. The summed E-state index contributed by atoms with van der Waals surface area (Å²) in [5.41, 5.74) is 2.85. The van der Waals surface area contributed by atoms with Crippen LogP contribution in [0.4, 0.5) is 5.69 Å². The van der Waals surface area contributed by atoms with Crippen LogP contribution in [0, 0.1) is 0 Å². The fourth-order valence-electron chi connectivity index (χ4n) is 2.48. The molecule has 2 aromatic carbocycles. The van der Waals surface area contributed by atoms with Gasteiger partial charge in [0.25, 0.3) is 5.91 Å². The van der Waals surface area contributed by atoms with E-state index in [9.17, 15) is 4.79 Å². The number of thiocarbonyl (C=S) groups is 1. The first-order valence-electron chi connectivity index (χ1n) is 7.74. The molecule has 1 aliphatic heterocycles. The van der Waals surface area contributed by atoms with E-state index in [1.165, 1.54) is 11.8 Å². The Labute approximate surface area is 157 Å². The molecule has 1 fully saturated rings. The van der Waals surface area contributed by atoms with Crippen LogP contribution in [-0.2, 0) is 4.79 Å². The third-order valence-corrected chi connectivity index (χ3v) is 4.98. The van der Waals surface area contributed by atoms with Crippen molar-refractivity contribution in [3.63, 3.8) is 0 Å². The fourth-order valence-corrected chi connectivity index (χ4v) is 3.83. The number of ether oxygens (including phenoxy) is 1. The maximum absolute atomic E-state index is 12.7. The highest BCUT2D eigenvalue weighted by Crippen LogP contribution is 2.36. The quantitative estimate of drug-likeness (QED) is 0.559. The largest absolute Gasteiger partial charge is 0.497 e. The Morgan fingerprint density at radius 1 is 1.12 bits per heavy atom. The van der Waals surface area contributed by atoms with Gasteiger partial charge in [0, 0.05) is 0 Å². The molecule has 126 valence electrons. The van der Waals surface area contributed by atoms with E-state index >= 15 is 0 Å². The number of allylic oxidation sites excluding steroid dienone is 2. The molecule has 0 saturated carbocycles. The van der Waals surface area contributed by atoms with Gasteiger partial charge in [-0.2, -0.15) is 0 Å². The third kappa shape index (κ3) is 4.00. The lowest BCUT2D eigenvalue weighted by molar-refractivity contribution is -0.113. The van der Waals surface area contributed by atoms with Gasteiger partial charge in [-0.05, 0) is 48.4 Å². The molecule has 0 bridgehead atoms. The zero-order valence-electron chi connectivity index (χ0n) is 13.9. The van der Waals surface area contributed by atoms with Crippen LogP contribution in [0.1, 0.15) is 12.5 Å². The molecule has 0 spiro atoms. The van der Waals surface area contributed by atoms with Crippen molar-refractivity contribution in [1.82, 2.24) is 0 Å². The van der Waals surface area contributed by atoms with E-state index in [1.807, 2.05) is 73.7 Å². The van der Waals surface area contributed by atoms with Crippen LogP contribution < -0.4 is 9.64 Å². The lowest BCUT2D eigenvalue weighted by atomic mass is 10.1. The Morgan fingerprint density at radius 2 is 1.80 bits per heavy atom. The monoisotopic (exact) mass is 367 g/mol. The van der Waals surface area contributed by atoms with Crippen LogP contribution in [-0.4, -0.2) is 17.3 Å². The van der Waals surface area contributed by atoms with Crippen molar-refractivity contribution in [2.24, 2.45) is 0 Å². The highest BCUT2D eigenvalue weighted by atomic mass is 32.2. The minimum atomic E-state index is -0.0963. The summed E-state index contributed by atoms with van der Waals surface area (Å²) < 4.78 is 5.69.